The van der Waals surface area contributed by atoms with E-state index in [9.17, 15) is 14.9 Å². The van der Waals surface area contributed by atoms with E-state index < -0.39 is 0 Å². The van der Waals surface area contributed by atoms with Gasteiger partial charge in [-0.05, 0) is 58.8 Å². The van der Waals surface area contributed by atoms with E-state index in [2.05, 4.69) is 16.3 Å². The molecule has 2 heterocycles. The Morgan fingerprint density at radius 2 is 2.09 bits per heavy atom. The predicted octanol–water partition coefficient (Wildman–Crippen LogP) is 1.37. The van der Waals surface area contributed by atoms with E-state index in [-0.39, 0.29) is 30.3 Å². The summed E-state index contributed by atoms with van der Waals surface area (Å²) < 4.78 is 5.43. The number of nitrogens with two attached hydrogens (primary N) is 1. The largest absolute Gasteiger partial charge is 0.389 e. The van der Waals surface area contributed by atoms with Crippen LogP contribution in [0.3, 0.4) is 0 Å². The van der Waals surface area contributed by atoms with Gasteiger partial charge in [-0.2, -0.15) is 5.26 Å². The van der Waals surface area contributed by atoms with Gasteiger partial charge in [0.25, 0.3) is 0 Å². The lowest BCUT2D eigenvalue weighted by Gasteiger charge is -2.45. The number of thiophene rings is 1. The highest BCUT2D eigenvalue weighted by molar-refractivity contribution is 7.16. The number of hydrogen-bond acceptors (Lipinski definition) is 8. The van der Waals surface area contributed by atoms with Gasteiger partial charge in [-0.25, -0.2) is 4.79 Å². The van der Waals surface area contributed by atoms with Crippen molar-refractivity contribution in [2.75, 3.05) is 66.3 Å². The molecule has 9 nitrogen and oxygen atoms in total. The van der Waals surface area contributed by atoms with Crippen LogP contribution in [0.1, 0.15) is 29.3 Å². The second kappa shape index (κ2) is 11.3. The van der Waals surface area contributed by atoms with Gasteiger partial charge in [-0.1, -0.05) is 0 Å². The van der Waals surface area contributed by atoms with E-state index in [1.54, 1.807) is 0 Å². The number of nitrogen functional groups attached to an aromatic ring is 1. The van der Waals surface area contributed by atoms with Crippen molar-refractivity contribution in [2.24, 2.45) is 11.8 Å². The van der Waals surface area contributed by atoms with Crippen LogP contribution in [0.4, 0.5) is 9.80 Å². The summed E-state index contributed by atoms with van der Waals surface area (Å²) in [5.74, 6) is -0.184. The Balaban J connectivity index is 1.73. The fourth-order valence-corrected chi connectivity index (χ4v) is 6.06. The highest BCUT2D eigenvalue weighted by Crippen LogP contribution is 2.42. The summed E-state index contributed by atoms with van der Waals surface area (Å²) in [7, 11) is 5.92. The highest BCUT2D eigenvalue weighted by atomic mass is 32.1. The Kier molecular flexibility index (Phi) is 8.70. The molecular formula is C23H36N6O3S. The average molecular weight is 477 g/mol. The molecule has 3 atom stereocenters. The maximum Gasteiger partial charge on any atom is 0.324 e. The monoisotopic (exact) mass is 476 g/mol. The van der Waals surface area contributed by atoms with E-state index in [0.29, 0.717) is 55.9 Å². The molecule has 1 aliphatic heterocycles. The molecule has 0 unspecified atom stereocenters. The number of likely N-dealkylation sites (tertiary alicyclic amines) is 1. The zero-order valence-electron chi connectivity index (χ0n) is 20.1. The lowest BCUT2D eigenvalue weighted by atomic mass is 9.74. The number of fused-ring (bicyclic) bond motifs is 2. The Morgan fingerprint density at radius 1 is 1.33 bits per heavy atom. The number of imide groups is 1. The SMILES string of the molecule is CCOCCN(C(=O)NCCN(C)C)C(=O)[C@@H]1C[C@@H]2Cc3c(sc(N)c3C#N)C[C@H]2N(C)C1. The van der Waals surface area contributed by atoms with Crippen LogP contribution in [-0.2, 0) is 22.4 Å². The molecule has 1 saturated heterocycles. The lowest BCUT2D eigenvalue weighted by molar-refractivity contribution is -0.136. The van der Waals surface area contributed by atoms with Crippen molar-refractivity contribution in [3.63, 3.8) is 0 Å². The fraction of sp³-hybridized carbons (Fsp3) is 0.696. The first-order valence-corrected chi connectivity index (χ1v) is 12.4. The number of hydrogen-bond donors (Lipinski definition) is 2. The van der Waals surface area contributed by atoms with Crippen LogP contribution in [0.25, 0.3) is 0 Å². The molecule has 3 rings (SSSR count). The van der Waals surface area contributed by atoms with Gasteiger partial charge in [-0.15, -0.1) is 11.3 Å². The van der Waals surface area contributed by atoms with Gasteiger partial charge in [0.05, 0.1) is 24.6 Å². The standard InChI is InChI=1S/C23H36N6O3S/c1-5-32-9-8-29(23(31)26-6-7-27(2)3)22(30)16-10-15-11-17-18(13-24)21(25)33-20(17)12-19(15)28(4)14-16/h15-16,19H,5-12,14,25H2,1-4H3,(H,26,31)/t15-,16-,19-/m1/s1. The lowest BCUT2D eigenvalue weighted by Crippen LogP contribution is -2.56. The van der Waals surface area contributed by atoms with Gasteiger partial charge < -0.3 is 25.6 Å². The van der Waals surface area contributed by atoms with Crippen molar-refractivity contribution < 1.29 is 14.3 Å². The van der Waals surface area contributed by atoms with E-state index in [1.807, 2.05) is 33.0 Å². The number of piperidine rings is 1. The number of ether oxygens (including phenoxy) is 1. The van der Waals surface area contributed by atoms with Gasteiger partial charge in [0.15, 0.2) is 0 Å². The number of rotatable bonds is 8. The van der Waals surface area contributed by atoms with Crippen LogP contribution in [0.2, 0.25) is 0 Å². The first-order valence-electron chi connectivity index (χ1n) is 11.6. The van der Waals surface area contributed by atoms with Crippen molar-refractivity contribution in [3.05, 3.63) is 16.0 Å². The summed E-state index contributed by atoms with van der Waals surface area (Å²) in [6.07, 6.45) is 2.30. The second-order valence-corrected chi connectivity index (χ2v) is 10.3. The van der Waals surface area contributed by atoms with Crippen LogP contribution in [0, 0.1) is 23.2 Å². The first kappa shape index (κ1) is 25.4. The minimum Gasteiger partial charge on any atom is -0.389 e. The first-order chi connectivity index (χ1) is 15.8. The van der Waals surface area contributed by atoms with Crippen molar-refractivity contribution in [2.45, 2.75) is 32.2 Å². The number of amides is 3. The Bertz CT molecular complexity index is 895. The molecule has 1 fully saturated rings. The quantitative estimate of drug-likeness (QED) is 0.545. The Hall–Kier alpha value is -2.19. The third-order valence-electron chi connectivity index (χ3n) is 6.66. The van der Waals surface area contributed by atoms with Gasteiger partial charge in [-0.3, -0.25) is 9.69 Å². The number of nitrogens with zero attached hydrogens (tertiary/aromatic N) is 4. The van der Waals surface area contributed by atoms with Crippen molar-refractivity contribution in [1.82, 2.24) is 20.0 Å². The summed E-state index contributed by atoms with van der Waals surface area (Å²) >= 11 is 1.52. The molecule has 1 aromatic rings. The summed E-state index contributed by atoms with van der Waals surface area (Å²) in [6, 6.07) is 2.21. The molecule has 2 aliphatic rings. The molecule has 0 radical (unpaired) electrons. The Labute approximate surface area is 200 Å². The molecule has 3 amide bonds. The van der Waals surface area contributed by atoms with E-state index >= 15 is 0 Å². The normalized spacial score (nSPS) is 22.4. The summed E-state index contributed by atoms with van der Waals surface area (Å²) in [4.78, 5) is 33.1. The summed E-state index contributed by atoms with van der Waals surface area (Å²) in [5.41, 5.74) is 7.74. The third kappa shape index (κ3) is 5.84. The van der Waals surface area contributed by atoms with Crippen LogP contribution in [-0.4, -0.2) is 93.2 Å². The second-order valence-electron chi connectivity index (χ2n) is 9.18. The molecule has 0 aromatic carbocycles. The fourth-order valence-electron chi connectivity index (χ4n) is 4.96. The van der Waals surface area contributed by atoms with E-state index in [0.717, 1.165) is 18.4 Å². The van der Waals surface area contributed by atoms with Crippen molar-refractivity contribution in [1.29, 1.82) is 5.26 Å². The van der Waals surface area contributed by atoms with Crippen LogP contribution < -0.4 is 11.1 Å². The van der Waals surface area contributed by atoms with Gasteiger partial charge >= 0.3 is 6.03 Å². The number of carbonyl (C=O) groups is 2. The highest BCUT2D eigenvalue weighted by Gasteiger charge is 2.43. The number of nitrogens with one attached hydrogen (secondary N) is 1. The van der Waals surface area contributed by atoms with Crippen LogP contribution >= 0.6 is 11.3 Å². The minimum atomic E-state index is -0.366. The number of urea groups is 1. The van der Waals surface area contributed by atoms with Crippen LogP contribution in [0.5, 0.6) is 0 Å². The molecule has 1 aliphatic carbocycles. The van der Waals surface area contributed by atoms with Crippen molar-refractivity contribution >= 4 is 28.3 Å². The topological polar surface area (TPSA) is 115 Å². The molecule has 0 saturated carbocycles. The third-order valence-corrected chi connectivity index (χ3v) is 7.74. The number of nitriles is 1. The van der Waals surface area contributed by atoms with E-state index in [1.165, 1.54) is 21.1 Å². The molecule has 33 heavy (non-hydrogen) atoms. The summed E-state index contributed by atoms with van der Waals surface area (Å²) in [6.45, 7) is 4.76. The number of carbonyl (C=O) groups excluding carboxylic acids is 2. The maximum absolute atomic E-state index is 13.5. The zero-order valence-corrected chi connectivity index (χ0v) is 20.9. The molecule has 10 heteroatoms. The molecule has 182 valence electrons. The van der Waals surface area contributed by atoms with Gasteiger partial charge in [0.2, 0.25) is 5.91 Å². The van der Waals surface area contributed by atoms with Crippen LogP contribution in [0.15, 0.2) is 0 Å². The molecular weight excluding hydrogens is 440 g/mol. The van der Waals surface area contributed by atoms with Gasteiger partial charge in [0.1, 0.15) is 11.1 Å². The molecule has 3 N–H and O–H groups in total. The molecule has 1 aromatic heterocycles. The average Bonchev–Trinajstić information content (AvgIpc) is 3.08. The smallest absolute Gasteiger partial charge is 0.324 e. The van der Waals surface area contributed by atoms with E-state index in [4.69, 9.17) is 10.5 Å². The molecule has 0 bridgehead atoms. The molecule has 0 spiro atoms. The predicted molar refractivity (Wildman–Crippen MR) is 129 cm³/mol. The maximum atomic E-state index is 13.5. The number of likely N-dealkylation sites (N-methyl/N-ethyl adjacent to an activating group) is 2. The minimum absolute atomic E-state index is 0.154. The van der Waals surface area contributed by atoms with Gasteiger partial charge in [0, 0.05) is 37.2 Å². The Morgan fingerprint density at radius 3 is 2.76 bits per heavy atom. The number of anilines is 1. The zero-order chi connectivity index (χ0) is 24.1. The summed E-state index contributed by atoms with van der Waals surface area (Å²) in [5, 5.41) is 13.0. The van der Waals surface area contributed by atoms with Crippen molar-refractivity contribution in [3.8, 4) is 6.07 Å².